The first kappa shape index (κ1) is 10.7. The van der Waals surface area contributed by atoms with Crippen molar-refractivity contribution < 1.29 is 4.79 Å². The van der Waals surface area contributed by atoms with Crippen LogP contribution in [0.3, 0.4) is 0 Å². The van der Waals surface area contributed by atoms with Gasteiger partial charge in [0.1, 0.15) is 0 Å². The zero-order valence-corrected chi connectivity index (χ0v) is 8.74. The Morgan fingerprint density at radius 3 is 2.93 bits per heavy atom. The fourth-order valence-corrected chi connectivity index (χ4v) is 1.04. The Kier molecular flexibility index (Phi) is 3.64. The smallest absolute Gasteiger partial charge is 0.237 e. The minimum atomic E-state index is -0.164. The zero-order chi connectivity index (χ0) is 10.6. The predicted octanol–water partition coefficient (Wildman–Crippen LogP) is -0.356. The topological polar surface area (TPSA) is 59.0 Å². The first-order valence-electron chi connectivity index (χ1n) is 4.57. The number of carbonyl (C=O) groups excluding carboxylic acids is 1. The van der Waals surface area contributed by atoms with E-state index in [-0.39, 0.29) is 11.9 Å². The van der Waals surface area contributed by atoms with Gasteiger partial charge in [-0.3, -0.25) is 9.48 Å². The summed E-state index contributed by atoms with van der Waals surface area (Å²) in [4.78, 5) is 11.4. The van der Waals surface area contributed by atoms with E-state index in [9.17, 15) is 4.79 Å². The summed E-state index contributed by atoms with van der Waals surface area (Å²) in [5, 5.41) is 9.70. The highest BCUT2D eigenvalue weighted by molar-refractivity contribution is 5.81. The molecule has 0 radical (unpaired) electrons. The van der Waals surface area contributed by atoms with Crippen LogP contribution in [0, 0.1) is 0 Å². The maximum atomic E-state index is 11.4. The maximum Gasteiger partial charge on any atom is 0.237 e. The van der Waals surface area contributed by atoms with Crippen molar-refractivity contribution in [2.24, 2.45) is 7.05 Å². The number of hydrogen-bond donors (Lipinski definition) is 2. The van der Waals surface area contributed by atoms with Gasteiger partial charge in [0.05, 0.1) is 18.3 Å². The van der Waals surface area contributed by atoms with Gasteiger partial charge in [-0.25, -0.2) is 0 Å². The molecule has 14 heavy (non-hydrogen) atoms. The molecule has 5 nitrogen and oxygen atoms in total. The third-order valence-electron chi connectivity index (χ3n) is 2.19. The molecule has 0 aliphatic heterocycles. The van der Waals surface area contributed by atoms with Gasteiger partial charge < -0.3 is 10.6 Å². The standard InChI is InChI=1S/C9H16N4O/c1-7(10-2)9(14)11-6-8-4-5-12-13(8)3/h4-5,7,10H,6H2,1-3H3,(H,11,14). The van der Waals surface area contributed by atoms with Crippen molar-refractivity contribution in [3.8, 4) is 0 Å². The number of rotatable bonds is 4. The lowest BCUT2D eigenvalue weighted by Gasteiger charge is -2.10. The van der Waals surface area contributed by atoms with Crippen LogP contribution in [0.25, 0.3) is 0 Å². The summed E-state index contributed by atoms with van der Waals surface area (Å²) < 4.78 is 1.74. The van der Waals surface area contributed by atoms with Crippen molar-refractivity contribution in [2.45, 2.75) is 19.5 Å². The van der Waals surface area contributed by atoms with E-state index in [1.807, 2.05) is 20.0 Å². The molecular formula is C9H16N4O. The Bertz CT molecular complexity index is 308. The van der Waals surface area contributed by atoms with E-state index in [1.165, 1.54) is 0 Å². The number of aryl methyl sites for hydroxylation is 1. The van der Waals surface area contributed by atoms with Gasteiger partial charge in [0.2, 0.25) is 5.91 Å². The van der Waals surface area contributed by atoms with Gasteiger partial charge in [-0.1, -0.05) is 0 Å². The molecule has 1 rings (SSSR count). The van der Waals surface area contributed by atoms with Gasteiger partial charge >= 0.3 is 0 Å². The van der Waals surface area contributed by atoms with Crippen molar-refractivity contribution in [2.75, 3.05) is 7.05 Å². The summed E-state index contributed by atoms with van der Waals surface area (Å²) in [6.45, 7) is 2.33. The Morgan fingerprint density at radius 1 is 1.71 bits per heavy atom. The number of nitrogens with one attached hydrogen (secondary N) is 2. The summed E-state index contributed by atoms with van der Waals surface area (Å²) >= 11 is 0. The molecule has 0 spiro atoms. The molecule has 0 saturated heterocycles. The van der Waals surface area contributed by atoms with E-state index >= 15 is 0 Å². The molecule has 1 amide bonds. The maximum absolute atomic E-state index is 11.4. The SMILES string of the molecule is CNC(C)C(=O)NCc1ccnn1C. The first-order valence-corrected chi connectivity index (χ1v) is 4.57. The molecule has 1 unspecified atom stereocenters. The molecule has 0 fully saturated rings. The van der Waals surface area contributed by atoms with Crippen LogP contribution in [-0.2, 0) is 18.4 Å². The summed E-state index contributed by atoms with van der Waals surface area (Å²) in [6, 6.07) is 1.72. The van der Waals surface area contributed by atoms with E-state index in [0.717, 1.165) is 5.69 Å². The third-order valence-corrected chi connectivity index (χ3v) is 2.19. The molecule has 5 heteroatoms. The van der Waals surface area contributed by atoms with Gasteiger partial charge in [0.15, 0.2) is 0 Å². The Morgan fingerprint density at radius 2 is 2.43 bits per heavy atom. The van der Waals surface area contributed by atoms with E-state index < -0.39 is 0 Å². The normalized spacial score (nSPS) is 12.5. The van der Waals surface area contributed by atoms with Crippen LogP contribution in [0.1, 0.15) is 12.6 Å². The van der Waals surface area contributed by atoms with Crippen LogP contribution in [0.2, 0.25) is 0 Å². The van der Waals surface area contributed by atoms with Gasteiger partial charge in [-0.05, 0) is 20.0 Å². The number of aromatic nitrogens is 2. The highest BCUT2D eigenvalue weighted by atomic mass is 16.2. The zero-order valence-electron chi connectivity index (χ0n) is 8.74. The van der Waals surface area contributed by atoms with Gasteiger partial charge in [0, 0.05) is 13.2 Å². The van der Waals surface area contributed by atoms with Crippen LogP contribution < -0.4 is 10.6 Å². The molecular weight excluding hydrogens is 180 g/mol. The van der Waals surface area contributed by atoms with Crippen molar-refractivity contribution in [1.29, 1.82) is 0 Å². The van der Waals surface area contributed by atoms with Crippen molar-refractivity contribution >= 4 is 5.91 Å². The first-order chi connectivity index (χ1) is 6.65. The van der Waals surface area contributed by atoms with Crippen molar-refractivity contribution in [1.82, 2.24) is 20.4 Å². The predicted molar refractivity (Wildman–Crippen MR) is 53.6 cm³/mol. The molecule has 0 saturated carbocycles. The largest absolute Gasteiger partial charge is 0.349 e. The van der Waals surface area contributed by atoms with E-state index in [4.69, 9.17) is 0 Å². The van der Waals surface area contributed by atoms with E-state index in [1.54, 1.807) is 17.9 Å². The molecule has 1 aromatic rings. The second-order valence-corrected chi connectivity index (χ2v) is 3.17. The quantitative estimate of drug-likeness (QED) is 0.691. The Balaban J connectivity index is 2.41. The van der Waals surface area contributed by atoms with Crippen LogP contribution >= 0.6 is 0 Å². The van der Waals surface area contributed by atoms with Gasteiger partial charge in [-0.2, -0.15) is 5.10 Å². The van der Waals surface area contributed by atoms with Crippen LogP contribution in [0.5, 0.6) is 0 Å². The molecule has 1 heterocycles. The summed E-state index contributed by atoms with van der Waals surface area (Å²) in [7, 11) is 3.61. The fourth-order valence-electron chi connectivity index (χ4n) is 1.04. The lowest BCUT2D eigenvalue weighted by Crippen LogP contribution is -2.40. The summed E-state index contributed by atoms with van der Waals surface area (Å²) in [6.07, 6.45) is 1.71. The van der Waals surface area contributed by atoms with Crippen molar-refractivity contribution in [3.05, 3.63) is 18.0 Å². The Hall–Kier alpha value is -1.36. The number of nitrogens with zero attached hydrogens (tertiary/aromatic N) is 2. The highest BCUT2D eigenvalue weighted by Gasteiger charge is 2.09. The van der Waals surface area contributed by atoms with E-state index in [0.29, 0.717) is 6.54 Å². The van der Waals surface area contributed by atoms with Crippen LogP contribution in [0.15, 0.2) is 12.3 Å². The lowest BCUT2D eigenvalue weighted by atomic mass is 10.3. The fraction of sp³-hybridized carbons (Fsp3) is 0.556. The molecule has 1 atom stereocenters. The summed E-state index contributed by atoms with van der Waals surface area (Å²) in [5.74, 6) is -0.00583. The second-order valence-electron chi connectivity index (χ2n) is 3.17. The molecule has 0 bridgehead atoms. The highest BCUT2D eigenvalue weighted by Crippen LogP contribution is 1.95. The molecule has 1 aromatic heterocycles. The monoisotopic (exact) mass is 196 g/mol. The van der Waals surface area contributed by atoms with Gasteiger partial charge in [0.25, 0.3) is 0 Å². The van der Waals surface area contributed by atoms with Crippen molar-refractivity contribution in [3.63, 3.8) is 0 Å². The number of likely N-dealkylation sites (N-methyl/N-ethyl adjacent to an activating group) is 1. The average Bonchev–Trinajstić information content (AvgIpc) is 2.59. The second kappa shape index (κ2) is 4.76. The Labute approximate surface area is 83.5 Å². The minimum Gasteiger partial charge on any atom is -0.349 e. The molecule has 2 N–H and O–H groups in total. The van der Waals surface area contributed by atoms with Crippen LogP contribution in [0.4, 0.5) is 0 Å². The average molecular weight is 196 g/mol. The molecule has 78 valence electrons. The van der Waals surface area contributed by atoms with Gasteiger partial charge in [-0.15, -0.1) is 0 Å². The van der Waals surface area contributed by atoms with E-state index in [2.05, 4.69) is 15.7 Å². The number of amides is 1. The summed E-state index contributed by atoms with van der Waals surface area (Å²) in [5.41, 5.74) is 0.988. The minimum absolute atomic E-state index is 0.00583. The molecule has 0 aromatic carbocycles. The molecule has 0 aliphatic carbocycles. The molecule has 0 aliphatic rings. The lowest BCUT2D eigenvalue weighted by molar-refractivity contribution is -0.122. The number of carbonyl (C=O) groups is 1. The number of hydrogen-bond acceptors (Lipinski definition) is 3. The third kappa shape index (κ3) is 2.56. The van der Waals surface area contributed by atoms with Crippen LogP contribution in [-0.4, -0.2) is 28.8 Å².